The molecule has 0 heterocycles. The van der Waals surface area contributed by atoms with Crippen LogP contribution in [0.15, 0.2) is 84.0 Å². The van der Waals surface area contributed by atoms with Crippen molar-refractivity contribution >= 4 is 18.1 Å². The number of hydrazone groups is 1. The lowest BCUT2D eigenvalue weighted by Gasteiger charge is -2.18. The summed E-state index contributed by atoms with van der Waals surface area (Å²) in [5, 5.41) is 6.38. The molecule has 0 aromatic heterocycles. The molecule has 194 valence electrons. The molecule has 0 aliphatic rings. The maximum atomic E-state index is 12.6. The molecule has 0 saturated carbocycles. The summed E-state index contributed by atoms with van der Waals surface area (Å²) >= 11 is 0. The van der Waals surface area contributed by atoms with Gasteiger partial charge in [0.15, 0.2) is 0 Å². The highest BCUT2D eigenvalue weighted by atomic mass is 16.5. The van der Waals surface area contributed by atoms with E-state index >= 15 is 0 Å². The number of carbonyl (C=O) groups is 2. The van der Waals surface area contributed by atoms with Crippen LogP contribution in [-0.4, -0.2) is 30.7 Å². The summed E-state index contributed by atoms with van der Waals surface area (Å²) in [5.74, 6) is 5.33. The van der Waals surface area contributed by atoms with Crippen molar-refractivity contribution in [2.45, 2.75) is 51.7 Å². The van der Waals surface area contributed by atoms with Gasteiger partial charge in [0.2, 0.25) is 5.91 Å². The van der Waals surface area contributed by atoms with E-state index in [2.05, 4.69) is 10.4 Å². The van der Waals surface area contributed by atoms with E-state index in [9.17, 15) is 9.59 Å². The molecule has 7 heteroatoms. The van der Waals surface area contributed by atoms with Gasteiger partial charge in [-0.2, -0.15) is 5.10 Å². The molecular weight excluding hydrogens is 466 g/mol. The van der Waals surface area contributed by atoms with Crippen LogP contribution in [0.4, 0.5) is 0 Å². The standard InChI is InChI=1S/C30H35N3O4/c1-2-36-30(35)28(20-24-16-18-27(19-17-24)37-22-26-9-4-3-5-10-26)33-29(34)11-7-6-8-23-12-14-25(15-13-23)21-32-31/h3-5,9-10,12-19,21,28H,2,6-8,11,20,22,31H2,1H3,(H,33,34). The van der Waals surface area contributed by atoms with Gasteiger partial charge in [0.1, 0.15) is 18.4 Å². The molecule has 0 aliphatic carbocycles. The summed E-state index contributed by atoms with van der Waals surface area (Å²) in [6.45, 7) is 2.49. The highest BCUT2D eigenvalue weighted by Crippen LogP contribution is 2.16. The van der Waals surface area contributed by atoms with Gasteiger partial charge in [-0.25, -0.2) is 4.79 Å². The number of hydrogen-bond donors (Lipinski definition) is 2. The third-order valence-corrected chi connectivity index (χ3v) is 5.84. The van der Waals surface area contributed by atoms with E-state index in [0.717, 1.165) is 41.7 Å². The number of amides is 1. The SMILES string of the molecule is CCOC(=O)C(Cc1ccc(OCc2ccccc2)cc1)NC(=O)CCCCc1ccc(C=NN)cc1. The van der Waals surface area contributed by atoms with Crippen molar-refractivity contribution in [3.8, 4) is 5.75 Å². The first-order chi connectivity index (χ1) is 18.1. The minimum absolute atomic E-state index is 0.157. The maximum Gasteiger partial charge on any atom is 0.328 e. The van der Waals surface area contributed by atoms with E-state index < -0.39 is 12.0 Å². The number of benzene rings is 3. The van der Waals surface area contributed by atoms with Gasteiger partial charge in [-0.1, -0.05) is 66.7 Å². The summed E-state index contributed by atoms with van der Waals surface area (Å²) in [6.07, 6.45) is 4.75. The van der Waals surface area contributed by atoms with Crippen molar-refractivity contribution in [3.05, 3.63) is 101 Å². The number of rotatable bonds is 14. The summed E-state index contributed by atoms with van der Waals surface area (Å²) < 4.78 is 11.0. The fraction of sp³-hybridized carbons (Fsp3) is 0.300. The van der Waals surface area contributed by atoms with Crippen molar-refractivity contribution in [2.75, 3.05) is 6.61 Å². The van der Waals surface area contributed by atoms with Crippen LogP contribution in [0.25, 0.3) is 0 Å². The summed E-state index contributed by atoms with van der Waals surface area (Å²) in [7, 11) is 0. The van der Waals surface area contributed by atoms with Crippen LogP contribution in [0, 0.1) is 0 Å². The third-order valence-electron chi connectivity index (χ3n) is 5.84. The van der Waals surface area contributed by atoms with E-state index in [1.165, 1.54) is 5.56 Å². The lowest BCUT2D eigenvalue weighted by molar-refractivity contribution is -0.147. The Bertz CT molecular complexity index is 1130. The van der Waals surface area contributed by atoms with Crippen molar-refractivity contribution in [2.24, 2.45) is 10.9 Å². The second kappa shape index (κ2) is 15.1. The topological polar surface area (TPSA) is 103 Å². The first-order valence-electron chi connectivity index (χ1n) is 12.6. The smallest absolute Gasteiger partial charge is 0.328 e. The molecule has 0 spiro atoms. The molecule has 3 rings (SSSR count). The van der Waals surface area contributed by atoms with Crippen LogP contribution in [0.5, 0.6) is 5.75 Å². The minimum Gasteiger partial charge on any atom is -0.489 e. The van der Waals surface area contributed by atoms with Crippen molar-refractivity contribution in [1.29, 1.82) is 0 Å². The van der Waals surface area contributed by atoms with E-state index in [0.29, 0.717) is 19.4 Å². The Hall–Kier alpha value is -4.13. The lowest BCUT2D eigenvalue weighted by Crippen LogP contribution is -2.43. The molecular formula is C30H35N3O4. The van der Waals surface area contributed by atoms with Gasteiger partial charge in [0.05, 0.1) is 12.8 Å². The van der Waals surface area contributed by atoms with Gasteiger partial charge in [-0.05, 0) is 60.6 Å². The summed E-state index contributed by atoms with van der Waals surface area (Å²) in [6, 6.07) is 24.8. The number of ether oxygens (including phenoxy) is 2. The maximum absolute atomic E-state index is 12.6. The Labute approximate surface area is 218 Å². The van der Waals surface area contributed by atoms with E-state index in [4.69, 9.17) is 15.3 Å². The van der Waals surface area contributed by atoms with Crippen LogP contribution < -0.4 is 15.9 Å². The lowest BCUT2D eigenvalue weighted by atomic mass is 10.0. The zero-order valence-corrected chi connectivity index (χ0v) is 21.3. The highest BCUT2D eigenvalue weighted by Gasteiger charge is 2.22. The monoisotopic (exact) mass is 501 g/mol. The number of nitrogens with one attached hydrogen (secondary N) is 1. The Morgan fingerprint density at radius 2 is 1.62 bits per heavy atom. The molecule has 3 aromatic rings. The second-order valence-corrected chi connectivity index (χ2v) is 8.72. The van der Waals surface area contributed by atoms with Crippen molar-refractivity contribution in [1.82, 2.24) is 5.32 Å². The predicted octanol–water partition coefficient (Wildman–Crippen LogP) is 4.56. The highest BCUT2D eigenvalue weighted by molar-refractivity contribution is 5.84. The van der Waals surface area contributed by atoms with Gasteiger partial charge < -0.3 is 20.6 Å². The number of carbonyl (C=O) groups excluding carboxylic acids is 2. The van der Waals surface area contributed by atoms with Crippen LogP contribution in [0.2, 0.25) is 0 Å². The summed E-state index contributed by atoms with van der Waals surface area (Å²) in [5.41, 5.74) is 4.14. The number of nitrogens with two attached hydrogens (primary N) is 1. The predicted molar refractivity (Wildman–Crippen MR) is 145 cm³/mol. The van der Waals surface area contributed by atoms with Gasteiger partial charge in [0.25, 0.3) is 0 Å². The van der Waals surface area contributed by atoms with E-state index in [1.807, 2.05) is 78.9 Å². The molecule has 1 unspecified atom stereocenters. The molecule has 0 aliphatic heterocycles. The second-order valence-electron chi connectivity index (χ2n) is 8.72. The largest absolute Gasteiger partial charge is 0.489 e. The van der Waals surface area contributed by atoms with Crippen molar-refractivity contribution < 1.29 is 19.1 Å². The van der Waals surface area contributed by atoms with Gasteiger partial charge in [-0.15, -0.1) is 0 Å². The van der Waals surface area contributed by atoms with Crippen LogP contribution >= 0.6 is 0 Å². The molecule has 3 N–H and O–H groups in total. The zero-order chi connectivity index (χ0) is 26.3. The molecule has 0 radical (unpaired) electrons. The molecule has 0 fully saturated rings. The zero-order valence-electron chi connectivity index (χ0n) is 21.3. The minimum atomic E-state index is -0.736. The number of esters is 1. The van der Waals surface area contributed by atoms with Gasteiger partial charge in [0, 0.05) is 12.8 Å². The number of aryl methyl sites for hydroxylation is 1. The fourth-order valence-electron chi connectivity index (χ4n) is 3.87. The first-order valence-corrected chi connectivity index (χ1v) is 12.6. The normalized spacial score (nSPS) is 11.7. The Kier molecular flexibility index (Phi) is 11.2. The molecule has 1 atom stereocenters. The summed E-state index contributed by atoms with van der Waals surface area (Å²) in [4.78, 5) is 25.1. The first kappa shape index (κ1) is 27.5. The molecule has 0 bridgehead atoms. The molecule has 3 aromatic carbocycles. The number of unbranched alkanes of at least 4 members (excludes halogenated alkanes) is 1. The Morgan fingerprint density at radius 1 is 0.919 bits per heavy atom. The number of nitrogens with zero attached hydrogens (tertiary/aromatic N) is 1. The van der Waals surface area contributed by atoms with Gasteiger partial charge >= 0.3 is 5.97 Å². The fourth-order valence-corrected chi connectivity index (χ4v) is 3.87. The molecule has 7 nitrogen and oxygen atoms in total. The quantitative estimate of drug-likeness (QED) is 0.111. The Morgan fingerprint density at radius 3 is 2.30 bits per heavy atom. The van der Waals surface area contributed by atoms with Crippen LogP contribution in [0.3, 0.4) is 0 Å². The van der Waals surface area contributed by atoms with E-state index in [-0.39, 0.29) is 12.5 Å². The number of hydrogen-bond acceptors (Lipinski definition) is 6. The average Bonchev–Trinajstić information content (AvgIpc) is 2.92. The van der Waals surface area contributed by atoms with E-state index in [1.54, 1.807) is 13.1 Å². The third kappa shape index (κ3) is 9.80. The Balaban J connectivity index is 1.46. The van der Waals surface area contributed by atoms with Crippen LogP contribution in [-0.2, 0) is 33.8 Å². The molecule has 1 amide bonds. The van der Waals surface area contributed by atoms with Gasteiger partial charge in [-0.3, -0.25) is 4.79 Å². The van der Waals surface area contributed by atoms with Crippen molar-refractivity contribution in [3.63, 3.8) is 0 Å². The average molecular weight is 502 g/mol. The van der Waals surface area contributed by atoms with Crippen LogP contribution in [0.1, 0.15) is 48.4 Å². The molecule has 37 heavy (non-hydrogen) atoms. The molecule has 0 saturated heterocycles.